The van der Waals surface area contributed by atoms with Crippen molar-refractivity contribution in [2.24, 2.45) is 0 Å². The van der Waals surface area contributed by atoms with Crippen molar-refractivity contribution in [1.29, 1.82) is 0 Å². The Morgan fingerprint density at radius 3 is 2.50 bits per heavy atom. The largest absolute Gasteiger partial charge is 0.382 e. The molecule has 38 heavy (non-hydrogen) atoms. The van der Waals surface area contributed by atoms with Gasteiger partial charge >= 0.3 is 0 Å². The first-order chi connectivity index (χ1) is 18.6. The summed E-state index contributed by atoms with van der Waals surface area (Å²) < 4.78 is 2.16. The summed E-state index contributed by atoms with van der Waals surface area (Å²) in [5, 5.41) is 5.01. The molecule has 0 bridgehead atoms. The number of hydrogen-bond acceptors (Lipinski definition) is 6. The maximum atomic E-state index is 6.44. The number of anilines is 1. The Morgan fingerprint density at radius 2 is 1.68 bits per heavy atom. The van der Waals surface area contributed by atoms with Crippen LogP contribution in [0.1, 0.15) is 37.4 Å². The van der Waals surface area contributed by atoms with Crippen LogP contribution in [0.15, 0.2) is 73.1 Å². The molecule has 0 radical (unpaired) electrons. The summed E-state index contributed by atoms with van der Waals surface area (Å²) in [6, 6.07) is 22.1. The Hall–Kier alpha value is -3.81. The minimum absolute atomic E-state index is 0.407. The van der Waals surface area contributed by atoms with Crippen LogP contribution in [0.2, 0.25) is 0 Å². The zero-order chi connectivity index (χ0) is 25.6. The first kappa shape index (κ1) is 23.3. The lowest BCUT2D eigenvalue weighted by molar-refractivity contribution is 0.190. The highest BCUT2D eigenvalue weighted by molar-refractivity contribution is 5.91. The molecule has 2 aromatic carbocycles. The van der Waals surface area contributed by atoms with Crippen LogP contribution in [0, 0.1) is 0 Å². The Kier molecular flexibility index (Phi) is 5.82. The van der Waals surface area contributed by atoms with E-state index in [1.54, 1.807) is 6.20 Å². The first-order valence-corrected chi connectivity index (χ1v) is 13.7. The summed E-state index contributed by atoms with van der Waals surface area (Å²) in [6.45, 7) is 2.36. The molecule has 0 atom stereocenters. The second kappa shape index (κ2) is 9.49. The van der Waals surface area contributed by atoms with Gasteiger partial charge in [-0.2, -0.15) is 0 Å². The van der Waals surface area contributed by atoms with Crippen LogP contribution >= 0.6 is 0 Å². The fourth-order valence-corrected chi connectivity index (χ4v) is 6.08. The number of benzene rings is 2. The second-order valence-electron chi connectivity index (χ2n) is 10.9. The molecule has 5 aromatic rings. The minimum atomic E-state index is 0.407. The number of rotatable bonds is 5. The van der Waals surface area contributed by atoms with E-state index in [-0.39, 0.29) is 0 Å². The van der Waals surface area contributed by atoms with Gasteiger partial charge in [0.1, 0.15) is 22.9 Å². The number of nitrogen functional groups attached to an aromatic ring is 1. The number of nitrogens with zero attached hydrogens (tertiary/aromatic N) is 5. The molecule has 7 heteroatoms. The van der Waals surface area contributed by atoms with Crippen LogP contribution in [0.3, 0.4) is 0 Å². The number of fused-ring (bicyclic) bond motifs is 2. The number of piperidine rings is 1. The molecule has 1 aliphatic carbocycles. The third-order valence-electron chi connectivity index (χ3n) is 8.34. The third-order valence-corrected chi connectivity index (χ3v) is 8.34. The van der Waals surface area contributed by atoms with E-state index < -0.39 is 0 Å². The van der Waals surface area contributed by atoms with E-state index in [2.05, 4.69) is 69.1 Å². The first-order valence-electron chi connectivity index (χ1n) is 13.7. The van der Waals surface area contributed by atoms with Gasteiger partial charge in [0.05, 0.1) is 11.2 Å². The molecule has 2 fully saturated rings. The zero-order valence-electron chi connectivity index (χ0n) is 21.7. The van der Waals surface area contributed by atoms with Gasteiger partial charge in [0.15, 0.2) is 0 Å². The summed E-state index contributed by atoms with van der Waals surface area (Å²) in [7, 11) is 2.21. The van der Waals surface area contributed by atoms with Crippen LogP contribution in [0.5, 0.6) is 0 Å². The molecule has 7 nitrogen and oxygen atoms in total. The van der Waals surface area contributed by atoms with Gasteiger partial charge < -0.3 is 16.0 Å². The Bertz CT molecular complexity index is 1600. The van der Waals surface area contributed by atoms with E-state index in [9.17, 15) is 0 Å². The topological polar surface area (TPSA) is 84.4 Å². The van der Waals surface area contributed by atoms with E-state index in [1.807, 2.05) is 24.4 Å². The second-order valence-corrected chi connectivity index (χ2v) is 10.9. The van der Waals surface area contributed by atoms with Gasteiger partial charge in [0, 0.05) is 46.9 Å². The molecule has 0 amide bonds. The van der Waals surface area contributed by atoms with Crippen LogP contribution in [-0.4, -0.2) is 56.5 Å². The Morgan fingerprint density at radius 1 is 0.895 bits per heavy atom. The zero-order valence-corrected chi connectivity index (χ0v) is 21.7. The van der Waals surface area contributed by atoms with Crippen molar-refractivity contribution in [1.82, 2.24) is 29.6 Å². The standard InChI is InChI=1S/C31H33N7/c1-37-14-11-24(12-15-37)34-25-17-23(18-25)31-36-28(29-30(32)33-13-16-38(29)31)22-8-7-21-9-10-26(35-27(21)19-22)20-5-3-2-4-6-20/h2-10,13,16,19,23-25,34H,11-12,14-15,17-18H2,1H3,(H2,32,33)/t23-,25+. The van der Waals surface area contributed by atoms with Crippen LogP contribution in [-0.2, 0) is 0 Å². The molecule has 0 spiro atoms. The molecule has 1 aliphatic heterocycles. The molecule has 4 heterocycles. The normalized spacial score (nSPS) is 20.7. The summed E-state index contributed by atoms with van der Waals surface area (Å²) >= 11 is 0. The van der Waals surface area contributed by atoms with Gasteiger partial charge in [-0.3, -0.25) is 4.40 Å². The summed E-state index contributed by atoms with van der Waals surface area (Å²) in [6.07, 6.45) is 8.46. The highest BCUT2D eigenvalue weighted by Gasteiger charge is 2.35. The molecular formula is C31H33N7. The SMILES string of the molecule is CN1CCC(N[C@H]2C[C@@H](c3nc(-c4ccc5ccc(-c6ccccc6)nc5c4)c4c(N)nccn43)C2)CC1. The van der Waals surface area contributed by atoms with Crippen LogP contribution < -0.4 is 11.1 Å². The lowest BCUT2D eigenvalue weighted by atomic mass is 9.79. The number of hydrogen-bond donors (Lipinski definition) is 2. The van der Waals surface area contributed by atoms with E-state index in [0.717, 1.165) is 57.6 Å². The number of likely N-dealkylation sites (tertiary alicyclic amines) is 1. The smallest absolute Gasteiger partial charge is 0.150 e. The Labute approximate surface area is 222 Å². The summed E-state index contributed by atoms with van der Waals surface area (Å²) in [5.74, 6) is 1.99. The predicted molar refractivity (Wildman–Crippen MR) is 153 cm³/mol. The van der Waals surface area contributed by atoms with E-state index in [4.69, 9.17) is 15.7 Å². The van der Waals surface area contributed by atoms with Crippen molar-refractivity contribution in [2.75, 3.05) is 25.9 Å². The lowest BCUT2D eigenvalue weighted by Crippen LogP contribution is -2.49. The molecule has 7 rings (SSSR count). The summed E-state index contributed by atoms with van der Waals surface area (Å²) in [5.41, 5.74) is 12.2. The average Bonchev–Trinajstić information content (AvgIpc) is 3.32. The third kappa shape index (κ3) is 4.22. The Balaban J connectivity index is 1.20. The number of imidazole rings is 1. The number of nitrogens with two attached hydrogens (primary N) is 1. The number of pyridine rings is 1. The fourth-order valence-electron chi connectivity index (χ4n) is 6.08. The quantitative estimate of drug-likeness (QED) is 0.346. The molecule has 1 saturated heterocycles. The van der Waals surface area contributed by atoms with Gasteiger partial charge in [-0.05, 0) is 58.0 Å². The van der Waals surface area contributed by atoms with Crippen LogP contribution in [0.25, 0.3) is 38.9 Å². The van der Waals surface area contributed by atoms with E-state index in [1.165, 1.54) is 25.9 Å². The maximum Gasteiger partial charge on any atom is 0.150 e. The summed E-state index contributed by atoms with van der Waals surface area (Å²) in [4.78, 5) is 17.0. The number of nitrogens with one attached hydrogen (secondary N) is 1. The monoisotopic (exact) mass is 503 g/mol. The van der Waals surface area contributed by atoms with E-state index in [0.29, 0.717) is 23.8 Å². The van der Waals surface area contributed by atoms with Crippen molar-refractivity contribution in [2.45, 2.75) is 43.7 Å². The molecular weight excluding hydrogens is 470 g/mol. The molecule has 3 N–H and O–H groups in total. The molecule has 0 unspecified atom stereocenters. The molecule has 192 valence electrons. The van der Waals surface area contributed by atoms with Gasteiger partial charge in [-0.15, -0.1) is 0 Å². The maximum absolute atomic E-state index is 6.44. The van der Waals surface area contributed by atoms with Crippen molar-refractivity contribution in [3.05, 3.63) is 78.9 Å². The van der Waals surface area contributed by atoms with Crippen molar-refractivity contribution in [3.8, 4) is 22.5 Å². The van der Waals surface area contributed by atoms with Gasteiger partial charge in [-0.25, -0.2) is 15.0 Å². The lowest BCUT2D eigenvalue weighted by Gasteiger charge is -2.40. The van der Waals surface area contributed by atoms with Gasteiger partial charge in [0.2, 0.25) is 0 Å². The van der Waals surface area contributed by atoms with Crippen molar-refractivity contribution >= 4 is 22.2 Å². The molecule has 3 aromatic heterocycles. The minimum Gasteiger partial charge on any atom is -0.382 e. The predicted octanol–water partition coefficient (Wildman–Crippen LogP) is 5.12. The number of aromatic nitrogens is 4. The fraction of sp³-hybridized carbons (Fsp3) is 0.323. The highest BCUT2D eigenvalue weighted by Crippen LogP contribution is 2.40. The van der Waals surface area contributed by atoms with Gasteiger partial charge in [-0.1, -0.05) is 48.5 Å². The van der Waals surface area contributed by atoms with Crippen LogP contribution in [0.4, 0.5) is 5.82 Å². The van der Waals surface area contributed by atoms with Crippen molar-refractivity contribution < 1.29 is 0 Å². The van der Waals surface area contributed by atoms with Gasteiger partial charge in [0.25, 0.3) is 0 Å². The molecule has 2 aliphatic rings. The molecule has 1 saturated carbocycles. The highest BCUT2D eigenvalue weighted by atomic mass is 15.1. The van der Waals surface area contributed by atoms with E-state index >= 15 is 0 Å². The van der Waals surface area contributed by atoms with Crippen molar-refractivity contribution in [3.63, 3.8) is 0 Å². The average molecular weight is 504 g/mol.